The Balaban J connectivity index is 2.02. The molecule has 2 aromatic carbocycles. The average molecular weight is 259 g/mol. The predicted octanol–water partition coefficient (Wildman–Crippen LogP) is 3.07. The van der Waals surface area contributed by atoms with Gasteiger partial charge in [0.1, 0.15) is 12.4 Å². The maximum Gasteiger partial charge on any atom is 0.338 e. The SMILES string of the molecule is Cc1cc(F)ccc1COC(=O)c1ccc(N)cc1. The van der Waals surface area contributed by atoms with Gasteiger partial charge in [0.15, 0.2) is 0 Å². The van der Waals surface area contributed by atoms with E-state index in [1.54, 1.807) is 37.3 Å². The van der Waals surface area contributed by atoms with Crippen molar-refractivity contribution in [2.75, 3.05) is 5.73 Å². The number of anilines is 1. The van der Waals surface area contributed by atoms with Crippen LogP contribution in [0.4, 0.5) is 10.1 Å². The summed E-state index contributed by atoms with van der Waals surface area (Å²) in [4.78, 5) is 11.8. The summed E-state index contributed by atoms with van der Waals surface area (Å²) in [6.07, 6.45) is 0. The summed E-state index contributed by atoms with van der Waals surface area (Å²) in [5, 5.41) is 0. The maximum atomic E-state index is 12.9. The lowest BCUT2D eigenvalue weighted by Gasteiger charge is -2.07. The lowest BCUT2D eigenvalue weighted by molar-refractivity contribution is 0.0472. The van der Waals surface area contributed by atoms with Gasteiger partial charge in [0.05, 0.1) is 5.56 Å². The van der Waals surface area contributed by atoms with Crippen molar-refractivity contribution in [2.24, 2.45) is 0 Å². The third-order valence-corrected chi connectivity index (χ3v) is 2.81. The van der Waals surface area contributed by atoms with Crippen molar-refractivity contribution in [1.82, 2.24) is 0 Å². The molecular weight excluding hydrogens is 245 g/mol. The van der Waals surface area contributed by atoms with Crippen LogP contribution < -0.4 is 5.73 Å². The number of halogens is 1. The van der Waals surface area contributed by atoms with Gasteiger partial charge in [-0.2, -0.15) is 0 Å². The third-order valence-electron chi connectivity index (χ3n) is 2.81. The fourth-order valence-corrected chi connectivity index (χ4v) is 1.67. The van der Waals surface area contributed by atoms with Gasteiger partial charge in [0.2, 0.25) is 0 Å². The van der Waals surface area contributed by atoms with Crippen molar-refractivity contribution in [3.8, 4) is 0 Å². The van der Waals surface area contributed by atoms with E-state index in [-0.39, 0.29) is 12.4 Å². The Morgan fingerprint density at radius 1 is 1.21 bits per heavy atom. The number of benzene rings is 2. The topological polar surface area (TPSA) is 52.3 Å². The van der Waals surface area contributed by atoms with E-state index in [4.69, 9.17) is 10.5 Å². The summed E-state index contributed by atoms with van der Waals surface area (Å²) < 4.78 is 18.1. The minimum absolute atomic E-state index is 0.120. The van der Waals surface area contributed by atoms with E-state index in [0.29, 0.717) is 11.3 Å². The Hall–Kier alpha value is -2.36. The van der Waals surface area contributed by atoms with E-state index in [0.717, 1.165) is 11.1 Å². The summed E-state index contributed by atoms with van der Waals surface area (Å²) >= 11 is 0. The molecule has 0 unspecified atom stereocenters. The highest BCUT2D eigenvalue weighted by Gasteiger charge is 2.08. The largest absolute Gasteiger partial charge is 0.457 e. The van der Waals surface area contributed by atoms with Gasteiger partial charge in [-0.1, -0.05) is 6.07 Å². The van der Waals surface area contributed by atoms with Crippen LogP contribution in [0, 0.1) is 12.7 Å². The van der Waals surface area contributed by atoms with Crippen molar-refractivity contribution in [1.29, 1.82) is 0 Å². The van der Waals surface area contributed by atoms with Crippen molar-refractivity contribution in [3.63, 3.8) is 0 Å². The molecule has 0 radical (unpaired) electrons. The highest BCUT2D eigenvalue weighted by atomic mass is 19.1. The molecule has 0 fully saturated rings. The second kappa shape index (κ2) is 5.52. The summed E-state index contributed by atoms with van der Waals surface area (Å²) in [6, 6.07) is 10.9. The zero-order chi connectivity index (χ0) is 13.8. The minimum atomic E-state index is -0.427. The van der Waals surface area contributed by atoms with Crippen molar-refractivity contribution < 1.29 is 13.9 Å². The fourth-order valence-electron chi connectivity index (χ4n) is 1.67. The summed E-state index contributed by atoms with van der Waals surface area (Å²) in [7, 11) is 0. The van der Waals surface area contributed by atoms with Gasteiger partial charge in [0, 0.05) is 5.69 Å². The number of hydrogen-bond acceptors (Lipinski definition) is 3. The number of nitrogens with two attached hydrogens (primary N) is 1. The molecular formula is C15H14FNO2. The van der Waals surface area contributed by atoms with Crippen LogP contribution in [-0.2, 0) is 11.3 Å². The van der Waals surface area contributed by atoms with Crippen LogP contribution in [0.5, 0.6) is 0 Å². The van der Waals surface area contributed by atoms with Gasteiger partial charge in [-0.05, 0) is 54.4 Å². The number of nitrogen functional groups attached to an aromatic ring is 1. The molecule has 0 amide bonds. The smallest absolute Gasteiger partial charge is 0.338 e. The first-order valence-electron chi connectivity index (χ1n) is 5.84. The molecule has 0 aliphatic carbocycles. The molecule has 3 nitrogen and oxygen atoms in total. The number of ether oxygens (including phenoxy) is 1. The third kappa shape index (κ3) is 3.31. The maximum absolute atomic E-state index is 12.9. The highest BCUT2D eigenvalue weighted by Crippen LogP contribution is 2.13. The Labute approximate surface area is 110 Å². The number of carbonyl (C=O) groups is 1. The van der Waals surface area contributed by atoms with Gasteiger partial charge < -0.3 is 10.5 Å². The van der Waals surface area contributed by atoms with Crippen LogP contribution in [0.15, 0.2) is 42.5 Å². The quantitative estimate of drug-likeness (QED) is 0.680. The molecule has 0 saturated heterocycles. The molecule has 2 N–H and O–H groups in total. The van der Waals surface area contributed by atoms with Crippen molar-refractivity contribution >= 4 is 11.7 Å². The van der Waals surface area contributed by atoms with Crippen LogP contribution in [0.3, 0.4) is 0 Å². The van der Waals surface area contributed by atoms with Crippen LogP contribution in [0.1, 0.15) is 21.5 Å². The molecule has 0 saturated carbocycles. The molecule has 2 aromatic rings. The average Bonchev–Trinajstić information content (AvgIpc) is 2.38. The van der Waals surface area contributed by atoms with Crippen LogP contribution in [0.25, 0.3) is 0 Å². The van der Waals surface area contributed by atoms with Gasteiger partial charge in [0.25, 0.3) is 0 Å². The van der Waals surface area contributed by atoms with Gasteiger partial charge in [-0.3, -0.25) is 0 Å². The second-order valence-corrected chi connectivity index (χ2v) is 4.27. The van der Waals surface area contributed by atoms with E-state index < -0.39 is 5.97 Å². The molecule has 4 heteroatoms. The van der Waals surface area contributed by atoms with Crippen molar-refractivity contribution in [3.05, 3.63) is 65.0 Å². The molecule has 0 aromatic heterocycles. The van der Waals surface area contributed by atoms with E-state index in [9.17, 15) is 9.18 Å². The molecule has 2 rings (SSSR count). The molecule has 98 valence electrons. The van der Waals surface area contributed by atoms with E-state index in [1.165, 1.54) is 12.1 Å². The lowest BCUT2D eigenvalue weighted by Crippen LogP contribution is -2.06. The molecule has 0 aliphatic rings. The van der Waals surface area contributed by atoms with Crippen molar-refractivity contribution in [2.45, 2.75) is 13.5 Å². The normalized spacial score (nSPS) is 10.2. The molecule has 0 atom stereocenters. The highest BCUT2D eigenvalue weighted by molar-refractivity contribution is 5.89. The number of hydrogen-bond donors (Lipinski definition) is 1. The number of esters is 1. The fraction of sp³-hybridized carbons (Fsp3) is 0.133. The second-order valence-electron chi connectivity index (χ2n) is 4.27. The monoisotopic (exact) mass is 259 g/mol. The Kier molecular flexibility index (Phi) is 3.80. The molecule has 0 bridgehead atoms. The minimum Gasteiger partial charge on any atom is -0.457 e. The van der Waals surface area contributed by atoms with E-state index >= 15 is 0 Å². The standard InChI is InChI=1S/C15H14FNO2/c1-10-8-13(16)5-2-12(10)9-19-15(18)11-3-6-14(17)7-4-11/h2-8H,9,17H2,1H3. The van der Waals surface area contributed by atoms with Crippen LogP contribution in [0.2, 0.25) is 0 Å². The Bertz CT molecular complexity index is 594. The first-order chi connectivity index (χ1) is 9.06. The number of carbonyl (C=O) groups excluding carboxylic acids is 1. The summed E-state index contributed by atoms with van der Waals surface area (Å²) in [5.74, 6) is -0.727. The molecule has 0 heterocycles. The zero-order valence-electron chi connectivity index (χ0n) is 10.5. The van der Waals surface area contributed by atoms with E-state index in [1.807, 2.05) is 0 Å². The molecule has 19 heavy (non-hydrogen) atoms. The molecule has 0 aliphatic heterocycles. The number of rotatable bonds is 3. The van der Waals surface area contributed by atoms with E-state index in [2.05, 4.69) is 0 Å². The number of aryl methyl sites for hydroxylation is 1. The lowest BCUT2D eigenvalue weighted by atomic mass is 10.1. The first-order valence-corrected chi connectivity index (χ1v) is 5.84. The van der Waals surface area contributed by atoms with Gasteiger partial charge >= 0.3 is 5.97 Å². The predicted molar refractivity (Wildman–Crippen MR) is 71.1 cm³/mol. The van der Waals surface area contributed by atoms with Gasteiger partial charge in [-0.15, -0.1) is 0 Å². The zero-order valence-corrected chi connectivity index (χ0v) is 10.5. The summed E-state index contributed by atoms with van der Waals surface area (Å²) in [6.45, 7) is 1.89. The Morgan fingerprint density at radius 2 is 1.89 bits per heavy atom. The van der Waals surface area contributed by atoms with Crippen LogP contribution >= 0.6 is 0 Å². The first kappa shape index (κ1) is 13.1. The summed E-state index contributed by atoms with van der Waals surface area (Å²) in [5.41, 5.74) is 8.10. The Morgan fingerprint density at radius 3 is 2.53 bits per heavy atom. The van der Waals surface area contributed by atoms with Gasteiger partial charge in [-0.25, -0.2) is 9.18 Å². The molecule has 0 spiro atoms. The van der Waals surface area contributed by atoms with Crippen LogP contribution in [-0.4, -0.2) is 5.97 Å².